The second kappa shape index (κ2) is 2.99. The first kappa shape index (κ1) is 9.02. The van der Waals surface area contributed by atoms with E-state index < -0.39 is 0 Å². The van der Waals surface area contributed by atoms with Crippen LogP contribution in [0.25, 0.3) is 10.1 Å². The monoisotopic (exact) mass is 208 g/mol. The lowest BCUT2D eigenvalue weighted by molar-refractivity contribution is 0.405. The molecular weight excluding hydrogens is 200 g/mol. The van der Waals surface area contributed by atoms with Crippen LogP contribution in [0.5, 0.6) is 11.5 Å². The van der Waals surface area contributed by atoms with Crippen LogP contribution >= 0.6 is 11.3 Å². The minimum Gasteiger partial charge on any atom is -0.504 e. The summed E-state index contributed by atoms with van der Waals surface area (Å²) in [5.41, 5.74) is -0.133. The second-order valence-electron chi connectivity index (χ2n) is 3.06. The Bertz CT molecular complexity index is 557. The molecule has 4 heteroatoms. The molecule has 0 unspecified atom stereocenters. The third-order valence-corrected chi connectivity index (χ3v) is 2.95. The topological polar surface area (TPSA) is 57.5 Å². The van der Waals surface area contributed by atoms with Crippen LogP contribution in [0, 0.1) is 6.92 Å². The third-order valence-electron chi connectivity index (χ3n) is 1.95. The van der Waals surface area contributed by atoms with Gasteiger partial charge in [0.2, 0.25) is 0 Å². The van der Waals surface area contributed by atoms with Crippen LogP contribution in [0.2, 0.25) is 0 Å². The number of aromatic hydroxyl groups is 2. The van der Waals surface area contributed by atoms with Crippen molar-refractivity contribution in [3.05, 3.63) is 33.3 Å². The summed E-state index contributed by atoms with van der Waals surface area (Å²) in [4.78, 5) is 12.4. The minimum atomic E-state index is -0.259. The highest BCUT2D eigenvalue weighted by Crippen LogP contribution is 2.31. The molecule has 3 nitrogen and oxygen atoms in total. The fourth-order valence-corrected chi connectivity index (χ4v) is 2.25. The van der Waals surface area contributed by atoms with Gasteiger partial charge in [0.15, 0.2) is 16.9 Å². The van der Waals surface area contributed by atoms with E-state index in [-0.39, 0.29) is 16.9 Å². The summed E-state index contributed by atoms with van der Waals surface area (Å²) in [6.07, 6.45) is 0. The molecule has 2 N–H and O–H groups in total. The van der Waals surface area contributed by atoms with E-state index in [1.165, 1.54) is 29.5 Å². The molecule has 0 spiro atoms. The van der Waals surface area contributed by atoms with Gasteiger partial charge < -0.3 is 10.2 Å². The Balaban J connectivity index is 2.96. The van der Waals surface area contributed by atoms with E-state index >= 15 is 0 Å². The van der Waals surface area contributed by atoms with Crippen LogP contribution in [-0.4, -0.2) is 10.2 Å². The third kappa shape index (κ3) is 1.33. The SMILES string of the molecule is Cc1cc(=O)c2cc(O)c(O)cc2s1. The highest BCUT2D eigenvalue weighted by Gasteiger charge is 2.05. The van der Waals surface area contributed by atoms with Gasteiger partial charge in [-0.15, -0.1) is 11.3 Å². The van der Waals surface area contributed by atoms with Crippen LogP contribution in [0.15, 0.2) is 23.0 Å². The molecule has 2 aromatic rings. The Hall–Kier alpha value is -1.55. The molecule has 0 saturated carbocycles. The average molecular weight is 208 g/mol. The normalized spacial score (nSPS) is 10.6. The van der Waals surface area contributed by atoms with Gasteiger partial charge in [0.1, 0.15) is 0 Å². The molecule has 14 heavy (non-hydrogen) atoms. The van der Waals surface area contributed by atoms with Crippen molar-refractivity contribution >= 4 is 21.4 Å². The van der Waals surface area contributed by atoms with E-state index in [0.29, 0.717) is 10.1 Å². The Morgan fingerprint density at radius 1 is 1.14 bits per heavy atom. The molecule has 0 saturated heterocycles. The number of hydrogen-bond donors (Lipinski definition) is 2. The highest BCUT2D eigenvalue weighted by molar-refractivity contribution is 7.18. The van der Waals surface area contributed by atoms with Gasteiger partial charge in [-0.1, -0.05) is 0 Å². The van der Waals surface area contributed by atoms with Crippen LogP contribution < -0.4 is 5.43 Å². The number of fused-ring (bicyclic) bond motifs is 1. The van der Waals surface area contributed by atoms with Gasteiger partial charge in [0.05, 0.1) is 0 Å². The standard InChI is InChI=1S/C10H8O3S/c1-5-2-7(11)6-3-8(12)9(13)4-10(6)14-5/h2-4,12-13H,1H3. The van der Waals surface area contributed by atoms with Gasteiger partial charge in [-0.25, -0.2) is 0 Å². The number of phenols is 2. The molecule has 1 aromatic carbocycles. The van der Waals surface area contributed by atoms with Crippen molar-refractivity contribution in [2.45, 2.75) is 6.92 Å². The Morgan fingerprint density at radius 2 is 1.79 bits per heavy atom. The molecule has 0 aliphatic rings. The molecule has 72 valence electrons. The highest BCUT2D eigenvalue weighted by atomic mass is 32.1. The largest absolute Gasteiger partial charge is 0.504 e. The van der Waals surface area contributed by atoms with E-state index in [4.69, 9.17) is 0 Å². The molecule has 0 atom stereocenters. The van der Waals surface area contributed by atoms with Crippen molar-refractivity contribution in [3.63, 3.8) is 0 Å². The van der Waals surface area contributed by atoms with E-state index in [1.54, 1.807) is 0 Å². The fourth-order valence-electron chi connectivity index (χ4n) is 1.30. The molecule has 1 aromatic heterocycles. The predicted octanol–water partition coefficient (Wildman–Crippen LogP) is 1.98. The van der Waals surface area contributed by atoms with Gasteiger partial charge in [-0.3, -0.25) is 4.79 Å². The average Bonchev–Trinajstić information content (AvgIpc) is 2.08. The molecule has 2 rings (SSSR count). The van der Waals surface area contributed by atoms with Crippen molar-refractivity contribution in [3.8, 4) is 11.5 Å². The first-order chi connectivity index (χ1) is 6.58. The summed E-state index contributed by atoms with van der Waals surface area (Å²) in [5, 5.41) is 18.9. The summed E-state index contributed by atoms with van der Waals surface area (Å²) in [7, 11) is 0. The lowest BCUT2D eigenvalue weighted by Gasteiger charge is -2.00. The van der Waals surface area contributed by atoms with Gasteiger partial charge >= 0.3 is 0 Å². The zero-order chi connectivity index (χ0) is 10.3. The zero-order valence-electron chi connectivity index (χ0n) is 7.44. The summed E-state index contributed by atoms with van der Waals surface area (Å²) >= 11 is 1.41. The summed E-state index contributed by atoms with van der Waals surface area (Å²) in [5.74, 6) is -0.454. The van der Waals surface area contributed by atoms with E-state index in [0.717, 1.165) is 4.88 Å². The molecular formula is C10H8O3S. The van der Waals surface area contributed by atoms with E-state index in [1.807, 2.05) is 6.92 Å². The molecule has 0 fully saturated rings. The number of rotatable bonds is 0. The Labute approximate surface area is 83.9 Å². The smallest absolute Gasteiger partial charge is 0.188 e. The molecule has 0 amide bonds. The fraction of sp³-hybridized carbons (Fsp3) is 0.100. The summed E-state index contributed by atoms with van der Waals surface area (Å²) < 4.78 is 0.685. The minimum absolute atomic E-state index is 0.133. The van der Waals surface area contributed by atoms with Crippen molar-refractivity contribution in [1.29, 1.82) is 0 Å². The Morgan fingerprint density at radius 3 is 2.50 bits per heavy atom. The van der Waals surface area contributed by atoms with Crippen molar-refractivity contribution in [2.75, 3.05) is 0 Å². The maximum Gasteiger partial charge on any atom is 0.188 e. The number of aryl methyl sites for hydroxylation is 1. The zero-order valence-corrected chi connectivity index (χ0v) is 8.26. The number of benzene rings is 1. The second-order valence-corrected chi connectivity index (χ2v) is 4.35. The lowest BCUT2D eigenvalue weighted by atomic mass is 10.2. The van der Waals surface area contributed by atoms with Crippen molar-refractivity contribution < 1.29 is 10.2 Å². The molecule has 0 aliphatic heterocycles. The predicted molar refractivity (Wildman–Crippen MR) is 56.2 cm³/mol. The number of hydrogen-bond acceptors (Lipinski definition) is 4. The molecule has 0 bridgehead atoms. The van der Waals surface area contributed by atoms with Crippen molar-refractivity contribution in [2.24, 2.45) is 0 Å². The van der Waals surface area contributed by atoms with E-state index in [9.17, 15) is 15.0 Å². The number of phenolic OH excluding ortho intramolecular Hbond substituents is 2. The molecule has 1 heterocycles. The van der Waals surface area contributed by atoms with Gasteiger partial charge in [0, 0.05) is 21.0 Å². The summed E-state index contributed by atoms with van der Waals surface area (Å²) in [6.45, 7) is 1.83. The lowest BCUT2D eigenvalue weighted by Crippen LogP contribution is -1.98. The molecule has 0 aliphatic carbocycles. The summed E-state index contributed by atoms with van der Waals surface area (Å²) in [6, 6.07) is 4.22. The van der Waals surface area contributed by atoms with Crippen LogP contribution in [-0.2, 0) is 0 Å². The van der Waals surface area contributed by atoms with Gasteiger partial charge in [0.25, 0.3) is 0 Å². The first-order valence-corrected chi connectivity index (χ1v) is 4.86. The van der Waals surface area contributed by atoms with E-state index in [2.05, 4.69) is 0 Å². The van der Waals surface area contributed by atoms with Gasteiger partial charge in [-0.2, -0.15) is 0 Å². The van der Waals surface area contributed by atoms with Crippen molar-refractivity contribution in [1.82, 2.24) is 0 Å². The molecule has 0 radical (unpaired) electrons. The maximum absolute atomic E-state index is 11.5. The van der Waals surface area contributed by atoms with Crippen LogP contribution in [0.3, 0.4) is 0 Å². The Kier molecular flexibility index (Phi) is 1.93. The van der Waals surface area contributed by atoms with Gasteiger partial charge in [-0.05, 0) is 19.1 Å². The van der Waals surface area contributed by atoms with Crippen LogP contribution in [0.1, 0.15) is 4.88 Å². The maximum atomic E-state index is 11.5. The van der Waals surface area contributed by atoms with Crippen LogP contribution in [0.4, 0.5) is 0 Å². The first-order valence-electron chi connectivity index (χ1n) is 4.04. The quantitative estimate of drug-likeness (QED) is 0.651.